The largest absolute Gasteiger partial charge is 0.509 e. The number of aromatic nitrogens is 2. The van der Waals surface area contributed by atoms with Crippen LogP contribution in [0.1, 0.15) is 6.42 Å². The average Bonchev–Trinajstić information content (AvgIpc) is 3.65. The molecule has 0 spiro atoms. The summed E-state index contributed by atoms with van der Waals surface area (Å²) in [5.74, 6) is -1.93. The van der Waals surface area contributed by atoms with Crippen molar-refractivity contribution in [3.63, 3.8) is 0 Å². The van der Waals surface area contributed by atoms with Gasteiger partial charge in [-0.3, -0.25) is 0 Å². The fourth-order valence-corrected chi connectivity index (χ4v) is 8.83. The summed E-state index contributed by atoms with van der Waals surface area (Å²) in [6, 6.07) is 37.2. The van der Waals surface area contributed by atoms with Crippen LogP contribution in [0.15, 0.2) is 121 Å². The van der Waals surface area contributed by atoms with Crippen molar-refractivity contribution < 1.29 is 15.3 Å². The first-order chi connectivity index (χ1) is 29.4. The molecule has 0 saturated heterocycles. The molecule has 0 amide bonds. The zero-order valence-electron chi connectivity index (χ0n) is 32.7. The number of para-hydroxylation sites is 2. The van der Waals surface area contributed by atoms with E-state index in [1.807, 2.05) is 24.3 Å². The van der Waals surface area contributed by atoms with Crippen molar-refractivity contribution in [2.24, 2.45) is 0 Å². The predicted molar refractivity (Wildman–Crippen MR) is 259 cm³/mol. The molecule has 10 rings (SSSR count). The maximum Gasteiger partial charge on any atom is 0.164 e. The Morgan fingerprint density at radius 1 is 0.426 bits per heavy atom. The van der Waals surface area contributed by atoms with Gasteiger partial charge in [-0.05, 0) is 112 Å². The van der Waals surface area contributed by atoms with Crippen molar-refractivity contribution in [1.82, 2.24) is 9.13 Å². The lowest BCUT2D eigenvalue weighted by molar-refractivity contribution is 0.403. The van der Waals surface area contributed by atoms with Gasteiger partial charge in [0.1, 0.15) is 60.7 Å². The minimum absolute atomic E-state index is 0.0564. The Bertz CT molecular complexity index is 3370. The third-order valence-corrected chi connectivity index (χ3v) is 11.9. The lowest BCUT2D eigenvalue weighted by atomic mass is 9.59. The molecule has 9 aromatic rings. The molecule has 2 aromatic heterocycles. The van der Waals surface area contributed by atoms with E-state index in [2.05, 4.69) is 106 Å². The van der Waals surface area contributed by atoms with Crippen LogP contribution in [0.3, 0.4) is 0 Å². The zero-order valence-corrected chi connectivity index (χ0v) is 32.7. The van der Waals surface area contributed by atoms with Crippen molar-refractivity contribution in [2.75, 3.05) is 0 Å². The Labute approximate surface area is 361 Å². The third-order valence-electron chi connectivity index (χ3n) is 11.9. The van der Waals surface area contributed by atoms with Gasteiger partial charge in [0.05, 0.1) is 21.9 Å². The second-order valence-electron chi connectivity index (χ2n) is 15.3. The Balaban J connectivity index is 1.23. The van der Waals surface area contributed by atoms with E-state index in [9.17, 15) is 15.3 Å². The zero-order chi connectivity index (χ0) is 42.4. The highest BCUT2D eigenvalue weighted by Crippen LogP contribution is 2.39. The van der Waals surface area contributed by atoms with E-state index >= 15 is 0 Å². The van der Waals surface area contributed by atoms with Crippen LogP contribution in [0.25, 0.3) is 89.6 Å². The van der Waals surface area contributed by atoms with E-state index in [0.29, 0.717) is 28.8 Å². The van der Waals surface area contributed by atoms with Gasteiger partial charge in [0.15, 0.2) is 11.5 Å². The van der Waals surface area contributed by atoms with Gasteiger partial charge in [-0.1, -0.05) is 77.7 Å². The van der Waals surface area contributed by atoms with E-state index in [1.54, 1.807) is 12.1 Å². The van der Waals surface area contributed by atoms with Crippen LogP contribution >= 0.6 is 0 Å². The monoisotopic (exact) mass is 768 g/mol. The Hall–Kier alpha value is -6.79. The summed E-state index contributed by atoms with van der Waals surface area (Å²) in [4.78, 5) is 0. The van der Waals surface area contributed by atoms with Gasteiger partial charge in [-0.2, -0.15) is 0 Å². The van der Waals surface area contributed by atoms with Gasteiger partial charge in [-0.15, -0.1) is 16.4 Å². The molecule has 272 valence electrons. The van der Waals surface area contributed by atoms with E-state index in [-0.39, 0.29) is 38.3 Å². The van der Waals surface area contributed by atoms with E-state index < -0.39 is 22.7 Å². The van der Waals surface area contributed by atoms with Crippen molar-refractivity contribution in [3.8, 4) is 62.0 Å². The van der Waals surface area contributed by atoms with Crippen molar-refractivity contribution in [1.29, 1.82) is 0 Å². The Morgan fingerprint density at radius 3 is 1.72 bits per heavy atom. The average molecular weight is 767 g/mol. The maximum absolute atomic E-state index is 11.3. The number of hydrogen-bond donors (Lipinski definition) is 3. The Morgan fingerprint density at radius 2 is 1.02 bits per heavy atom. The minimum atomic E-state index is -0.725. The quantitative estimate of drug-likeness (QED) is 0.143. The molecule has 14 radical (unpaired) electrons. The fourth-order valence-electron chi connectivity index (χ4n) is 8.83. The van der Waals surface area contributed by atoms with Crippen LogP contribution in [0.2, 0.25) is 0 Å². The highest BCUT2D eigenvalue weighted by atomic mass is 16.3. The first-order valence-corrected chi connectivity index (χ1v) is 19.5. The number of fused-ring (bicyclic) bond motifs is 6. The Kier molecular flexibility index (Phi) is 9.10. The summed E-state index contributed by atoms with van der Waals surface area (Å²) in [5.41, 5.74) is 7.54. The molecular formula is C49H27B7N2O3. The van der Waals surface area contributed by atoms with Gasteiger partial charge in [0, 0.05) is 38.3 Å². The number of hydrogen-bond acceptors (Lipinski definition) is 3. The van der Waals surface area contributed by atoms with Gasteiger partial charge in [-0.25, -0.2) is 0 Å². The van der Waals surface area contributed by atoms with Gasteiger partial charge in [0.2, 0.25) is 0 Å². The molecule has 0 fully saturated rings. The molecule has 0 atom stereocenters. The fraction of sp³-hybridized carbons (Fsp3) is 0.0204. The summed E-state index contributed by atoms with van der Waals surface area (Å²) in [6.45, 7) is 0. The first-order valence-electron chi connectivity index (χ1n) is 19.5. The summed E-state index contributed by atoms with van der Waals surface area (Å²) in [7, 11) is 44.5. The van der Waals surface area contributed by atoms with Crippen LogP contribution in [0.5, 0.6) is 17.2 Å². The van der Waals surface area contributed by atoms with Crippen LogP contribution in [0.4, 0.5) is 0 Å². The number of allylic oxidation sites excluding steroid dienone is 2. The lowest BCUT2D eigenvalue weighted by Crippen LogP contribution is -2.55. The maximum atomic E-state index is 11.3. The second-order valence-corrected chi connectivity index (χ2v) is 15.3. The molecule has 1 aliphatic rings. The molecule has 7 aromatic carbocycles. The van der Waals surface area contributed by atoms with Crippen LogP contribution in [-0.2, 0) is 0 Å². The topological polar surface area (TPSA) is 70.6 Å². The standard InChI is InChI=1S/C49H27B7N2O3/c50-40-38(41(51)44(54)45(55)43(40)53)26-19-27(39-42(52)48(60)46(56)49(61)47(39)59)21-29(20-26)58-35-13-6-2-5-11-30(35)33-23-25(16-18-37(33)58)24-15-17-36-32(22-24)31-12-7-8-14-34(31)57(36)28-9-3-1-4-10-28/h1-4,6-23,59-61H,5H2. The number of benzene rings is 7. The van der Waals surface area contributed by atoms with E-state index in [4.69, 9.17) is 54.9 Å². The number of phenols is 3. The van der Waals surface area contributed by atoms with Crippen LogP contribution in [-0.4, -0.2) is 79.4 Å². The molecule has 5 nitrogen and oxygen atoms in total. The van der Waals surface area contributed by atoms with E-state index in [1.165, 1.54) is 0 Å². The number of aromatic hydroxyl groups is 3. The first kappa shape index (κ1) is 38.4. The van der Waals surface area contributed by atoms with Gasteiger partial charge < -0.3 is 24.5 Å². The van der Waals surface area contributed by atoms with E-state index in [0.717, 1.165) is 60.1 Å². The van der Waals surface area contributed by atoms with Crippen LogP contribution < -0.4 is 48.8 Å². The molecule has 0 aliphatic heterocycles. The number of nitrogens with zero attached hydrogens (tertiary/aromatic N) is 2. The number of rotatable bonds is 5. The normalized spacial score (nSPS) is 12.4. The summed E-state index contributed by atoms with van der Waals surface area (Å²) >= 11 is 0. The summed E-state index contributed by atoms with van der Waals surface area (Å²) < 4.78 is 4.39. The molecule has 3 N–H and O–H groups in total. The molecule has 0 saturated carbocycles. The predicted octanol–water partition coefficient (Wildman–Crippen LogP) is 1.92. The van der Waals surface area contributed by atoms with Crippen molar-refractivity contribution in [2.45, 2.75) is 6.42 Å². The SMILES string of the molecule is [B]c1c([B])c([B])c(-c2cc(-c3c([B])c(O)c([B])c(O)c3O)cc(-n3c4c(c5cc(-c6ccc7c(c6)c6ccccc6n7-c6ccccc6)ccc53)=CCC=CC=4)c2)c([B])c1[B]. The molecule has 0 unspecified atom stereocenters. The highest BCUT2D eigenvalue weighted by molar-refractivity contribution is 6.68. The van der Waals surface area contributed by atoms with Crippen molar-refractivity contribution in [3.05, 3.63) is 132 Å². The van der Waals surface area contributed by atoms with Crippen molar-refractivity contribution >= 4 is 138 Å². The molecule has 61 heavy (non-hydrogen) atoms. The van der Waals surface area contributed by atoms with Crippen LogP contribution in [0, 0.1) is 0 Å². The smallest absolute Gasteiger partial charge is 0.164 e. The van der Waals surface area contributed by atoms with Gasteiger partial charge in [0.25, 0.3) is 0 Å². The van der Waals surface area contributed by atoms with Gasteiger partial charge >= 0.3 is 0 Å². The highest BCUT2D eigenvalue weighted by Gasteiger charge is 2.23. The summed E-state index contributed by atoms with van der Waals surface area (Å²) in [6.07, 6.45) is 9.03. The molecular weight excluding hydrogens is 740 g/mol. The molecule has 2 heterocycles. The second kappa shape index (κ2) is 14.4. The minimum Gasteiger partial charge on any atom is -0.509 e. The molecule has 0 bridgehead atoms. The third kappa shape index (κ3) is 5.87. The lowest BCUT2D eigenvalue weighted by Gasteiger charge is -2.23. The molecule has 1 aliphatic carbocycles. The number of phenolic OH excluding ortho intramolecular Hbond substituents is 3. The molecule has 12 heteroatoms. The summed E-state index contributed by atoms with van der Waals surface area (Å²) in [5, 5.41) is 38.2.